The number of nitrogens with zero attached hydrogens (tertiary/aromatic N) is 3. The Hall–Kier alpha value is -3.08. The molecule has 0 saturated carbocycles. The maximum atomic E-state index is 4.76. The molecule has 0 spiro atoms. The molecule has 0 saturated heterocycles. The molecule has 2 aromatic carbocycles. The summed E-state index contributed by atoms with van der Waals surface area (Å²) in [5, 5.41) is 6.78. The molecule has 5 nitrogen and oxygen atoms in total. The molecular weight excluding hydrogens is 358 g/mol. The highest BCUT2D eigenvalue weighted by atomic mass is 15.2. The van der Waals surface area contributed by atoms with Crippen molar-refractivity contribution in [3.8, 4) is 0 Å². The van der Waals surface area contributed by atoms with Crippen LogP contribution < -0.4 is 10.6 Å². The minimum absolute atomic E-state index is 0.658. The number of aryl methyl sites for hydroxylation is 2. The van der Waals surface area contributed by atoms with Crippen molar-refractivity contribution in [1.82, 2.24) is 20.2 Å². The van der Waals surface area contributed by atoms with E-state index in [0.29, 0.717) is 6.54 Å². The third-order valence-corrected chi connectivity index (χ3v) is 4.81. The van der Waals surface area contributed by atoms with Gasteiger partial charge < -0.3 is 15.2 Å². The fraction of sp³-hybridized carbons (Fsp3) is 0.333. The summed E-state index contributed by atoms with van der Waals surface area (Å²) in [6.07, 6.45) is 6.01. The molecular formula is C24H31N5. The molecule has 2 N–H and O–H groups in total. The number of hydrogen-bond acceptors (Lipinski definition) is 2. The Morgan fingerprint density at radius 3 is 2.55 bits per heavy atom. The number of imidazole rings is 1. The van der Waals surface area contributed by atoms with Crippen LogP contribution in [0.5, 0.6) is 0 Å². The van der Waals surface area contributed by atoms with Crippen molar-refractivity contribution in [1.29, 1.82) is 0 Å². The van der Waals surface area contributed by atoms with Crippen molar-refractivity contribution >= 4 is 5.96 Å². The van der Waals surface area contributed by atoms with Crippen molar-refractivity contribution < 1.29 is 0 Å². The van der Waals surface area contributed by atoms with Crippen LogP contribution in [0.2, 0.25) is 0 Å². The van der Waals surface area contributed by atoms with E-state index < -0.39 is 0 Å². The number of aromatic nitrogens is 2. The summed E-state index contributed by atoms with van der Waals surface area (Å²) < 4.78 is 2.15. The molecule has 29 heavy (non-hydrogen) atoms. The summed E-state index contributed by atoms with van der Waals surface area (Å²) in [7, 11) is 0. The van der Waals surface area contributed by atoms with Gasteiger partial charge in [-0.25, -0.2) is 9.98 Å². The highest BCUT2D eigenvalue weighted by molar-refractivity contribution is 5.79. The summed E-state index contributed by atoms with van der Waals surface area (Å²) in [5.74, 6) is 1.90. The largest absolute Gasteiger partial charge is 0.357 e. The second-order valence-corrected chi connectivity index (χ2v) is 7.13. The van der Waals surface area contributed by atoms with Crippen LogP contribution in [0.1, 0.15) is 35.9 Å². The third kappa shape index (κ3) is 6.79. The lowest BCUT2D eigenvalue weighted by molar-refractivity contribution is 0.743. The highest BCUT2D eigenvalue weighted by Gasteiger charge is 2.02. The van der Waals surface area contributed by atoms with E-state index in [4.69, 9.17) is 4.99 Å². The number of nitrogens with one attached hydrogen (secondary N) is 2. The smallest absolute Gasteiger partial charge is 0.191 e. The quantitative estimate of drug-likeness (QED) is 0.331. The summed E-state index contributed by atoms with van der Waals surface area (Å²) in [4.78, 5) is 9.05. The first-order valence-corrected chi connectivity index (χ1v) is 10.4. The van der Waals surface area contributed by atoms with Crippen molar-refractivity contribution in [2.75, 3.05) is 13.1 Å². The summed E-state index contributed by atoms with van der Waals surface area (Å²) in [6.45, 7) is 7.37. The molecule has 0 radical (unpaired) electrons. The van der Waals surface area contributed by atoms with Gasteiger partial charge in [-0.1, -0.05) is 54.6 Å². The van der Waals surface area contributed by atoms with Gasteiger partial charge in [-0.3, -0.25) is 0 Å². The van der Waals surface area contributed by atoms with Crippen LogP contribution in [0, 0.1) is 6.92 Å². The van der Waals surface area contributed by atoms with Gasteiger partial charge in [0, 0.05) is 32.0 Å². The average Bonchev–Trinajstić information content (AvgIpc) is 3.15. The van der Waals surface area contributed by atoms with Crippen LogP contribution in [-0.2, 0) is 19.5 Å². The Kier molecular flexibility index (Phi) is 7.87. The Morgan fingerprint density at radius 2 is 1.79 bits per heavy atom. The predicted molar refractivity (Wildman–Crippen MR) is 120 cm³/mol. The van der Waals surface area contributed by atoms with Crippen LogP contribution in [0.25, 0.3) is 0 Å². The molecule has 0 fully saturated rings. The number of hydrogen-bond donors (Lipinski definition) is 2. The van der Waals surface area contributed by atoms with E-state index in [0.717, 1.165) is 44.3 Å². The predicted octanol–water partition coefficient (Wildman–Crippen LogP) is 3.93. The van der Waals surface area contributed by atoms with E-state index in [1.807, 2.05) is 19.3 Å². The van der Waals surface area contributed by atoms with Gasteiger partial charge >= 0.3 is 0 Å². The van der Waals surface area contributed by atoms with Gasteiger partial charge in [0.1, 0.15) is 5.82 Å². The van der Waals surface area contributed by atoms with Crippen LogP contribution in [0.3, 0.4) is 0 Å². The molecule has 0 amide bonds. The molecule has 0 aliphatic carbocycles. The van der Waals surface area contributed by atoms with Gasteiger partial charge in [-0.2, -0.15) is 0 Å². The third-order valence-electron chi connectivity index (χ3n) is 4.81. The van der Waals surface area contributed by atoms with Gasteiger partial charge in [0.2, 0.25) is 0 Å². The van der Waals surface area contributed by atoms with E-state index in [9.17, 15) is 0 Å². The fourth-order valence-corrected chi connectivity index (χ4v) is 3.25. The zero-order chi connectivity index (χ0) is 20.3. The van der Waals surface area contributed by atoms with Crippen LogP contribution in [-0.4, -0.2) is 28.6 Å². The van der Waals surface area contributed by atoms with Crippen LogP contribution >= 0.6 is 0 Å². The van der Waals surface area contributed by atoms with Crippen molar-refractivity contribution in [3.63, 3.8) is 0 Å². The van der Waals surface area contributed by atoms with Gasteiger partial charge in [-0.15, -0.1) is 0 Å². The number of guanidine groups is 1. The molecule has 0 aliphatic heterocycles. The zero-order valence-electron chi connectivity index (χ0n) is 17.4. The standard InChI is InChI=1S/C24H31N5/c1-3-25-24(27-14-8-13-21-9-5-4-6-10-21)28-18-22-11-7-12-23(17-22)19-29-16-15-26-20(29)2/h4-7,9-12,15-17H,3,8,13-14,18-19H2,1-2H3,(H2,25,27,28). The average molecular weight is 390 g/mol. The van der Waals surface area contributed by atoms with E-state index >= 15 is 0 Å². The van der Waals surface area contributed by atoms with E-state index in [1.165, 1.54) is 16.7 Å². The number of benzene rings is 2. The van der Waals surface area contributed by atoms with Gasteiger partial charge in [-0.05, 0) is 43.4 Å². The lowest BCUT2D eigenvalue weighted by Gasteiger charge is -2.12. The topological polar surface area (TPSA) is 54.2 Å². The lowest BCUT2D eigenvalue weighted by atomic mass is 10.1. The Labute approximate surface area is 173 Å². The normalized spacial score (nSPS) is 11.4. The Bertz CT molecular complexity index is 898. The van der Waals surface area contributed by atoms with Crippen LogP contribution in [0.15, 0.2) is 72.0 Å². The van der Waals surface area contributed by atoms with Crippen molar-refractivity contribution in [2.24, 2.45) is 4.99 Å². The van der Waals surface area contributed by atoms with Crippen LogP contribution in [0.4, 0.5) is 0 Å². The molecule has 0 bridgehead atoms. The molecule has 0 unspecified atom stereocenters. The molecule has 0 atom stereocenters. The first kappa shape index (κ1) is 20.6. The van der Waals surface area contributed by atoms with E-state index in [-0.39, 0.29) is 0 Å². The minimum atomic E-state index is 0.658. The number of aliphatic imine (C=N–C) groups is 1. The molecule has 3 aromatic rings. The van der Waals surface area contributed by atoms with Gasteiger partial charge in [0.05, 0.1) is 6.54 Å². The van der Waals surface area contributed by atoms with E-state index in [1.54, 1.807) is 0 Å². The van der Waals surface area contributed by atoms with Gasteiger partial charge in [0.15, 0.2) is 5.96 Å². The second-order valence-electron chi connectivity index (χ2n) is 7.13. The minimum Gasteiger partial charge on any atom is -0.357 e. The molecule has 3 rings (SSSR count). The lowest BCUT2D eigenvalue weighted by Crippen LogP contribution is -2.37. The molecule has 1 aromatic heterocycles. The SMILES string of the molecule is CCNC(=NCc1cccc(Cn2ccnc2C)c1)NCCCc1ccccc1. The number of rotatable bonds is 9. The molecule has 5 heteroatoms. The van der Waals surface area contributed by atoms with E-state index in [2.05, 4.69) is 81.7 Å². The first-order chi connectivity index (χ1) is 14.2. The zero-order valence-corrected chi connectivity index (χ0v) is 17.4. The monoisotopic (exact) mass is 389 g/mol. The Balaban J connectivity index is 1.52. The second kappa shape index (κ2) is 11.1. The summed E-state index contributed by atoms with van der Waals surface area (Å²) in [5.41, 5.74) is 3.85. The fourth-order valence-electron chi connectivity index (χ4n) is 3.25. The maximum absolute atomic E-state index is 4.76. The molecule has 152 valence electrons. The van der Waals surface area contributed by atoms with Gasteiger partial charge in [0.25, 0.3) is 0 Å². The Morgan fingerprint density at radius 1 is 1.00 bits per heavy atom. The summed E-state index contributed by atoms with van der Waals surface area (Å²) >= 11 is 0. The first-order valence-electron chi connectivity index (χ1n) is 10.4. The molecule has 1 heterocycles. The molecule has 0 aliphatic rings. The highest BCUT2D eigenvalue weighted by Crippen LogP contribution is 2.10. The summed E-state index contributed by atoms with van der Waals surface area (Å²) in [6, 6.07) is 19.2. The maximum Gasteiger partial charge on any atom is 0.191 e. The van der Waals surface area contributed by atoms with Crippen molar-refractivity contribution in [2.45, 2.75) is 39.8 Å². The van der Waals surface area contributed by atoms with Crippen molar-refractivity contribution in [3.05, 3.63) is 89.5 Å².